The number of nitrogens with zero attached hydrogens (tertiary/aromatic N) is 2. The van der Waals surface area contributed by atoms with Gasteiger partial charge in [-0.1, -0.05) is 12.1 Å². The first-order valence-corrected chi connectivity index (χ1v) is 4.43. The molecule has 1 aromatic rings. The Morgan fingerprint density at radius 3 is 3.00 bits per heavy atom. The van der Waals surface area contributed by atoms with Crippen LogP contribution in [0.4, 0.5) is 0 Å². The molecule has 1 aromatic heterocycles. The van der Waals surface area contributed by atoms with Crippen molar-refractivity contribution < 1.29 is 4.52 Å². The molecule has 0 aliphatic carbocycles. The standard InChI is InChI=1S/C8H13N3O.ClH/c1-2-7-10-8(12-11-7)6-3-4-9-5-6;/h6,9H,2-5H2,1H3;1H/t6-;/m0./s1. The summed E-state index contributed by atoms with van der Waals surface area (Å²) in [6.45, 7) is 4.07. The first-order chi connectivity index (χ1) is 5.90. The van der Waals surface area contributed by atoms with Crippen LogP contribution in [0, 0.1) is 0 Å². The Hall–Kier alpha value is -0.610. The van der Waals surface area contributed by atoms with Gasteiger partial charge in [-0.2, -0.15) is 4.98 Å². The Kier molecular flexibility index (Phi) is 3.69. The minimum absolute atomic E-state index is 0. The van der Waals surface area contributed by atoms with Crippen LogP contribution < -0.4 is 5.32 Å². The molecule has 0 bridgehead atoms. The summed E-state index contributed by atoms with van der Waals surface area (Å²) >= 11 is 0. The molecule has 1 aliphatic rings. The van der Waals surface area contributed by atoms with Gasteiger partial charge in [0.25, 0.3) is 0 Å². The number of halogens is 1. The first kappa shape index (κ1) is 10.5. The van der Waals surface area contributed by atoms with Crippen molar-refractivity contribution in [2.45, 2.75) is 25.7 Å². The lowest BCUT2D eigenvalue weighted by Crippen LogP contribution is -2.08. The first-order valence-electron chi connectivity index (χ1n) is 4.43. The molecular formula is C8H14ClN3O. The van der Waals surface area contributed by atoms with E-state index < -0.39 is 0 Å². The molecule has 74 valence electrons. The zero-order chi connectivity index (χ0) is 8.39. The third-order valence-electron chi connectivity index (χ3n) is 2.21. The summed E-state index contributed by atoms with van der Waals surface area (Å²) in [6, 6.07) is 0. The summed E-state index contributed by atoms with van der Waals surface area (Å²) in [6.07, 6.45) is 1.97. The summed E-state index contributed by atoms with van der Waals surface area (Å²) in [5, 5.41) is 7.14. The molecule has 1 N–H and O–H groups in total. The predicted molar refractivity (Wildman–Crippen MR) is 51.2 cm³/mol. The van der Waals surface area contributed by atoms with Crippen LogP contribution in [0.15, 0.2) is 4.52 Å². The van der Waals surface area contributed by atoms with Crippen molar-refractivity contribution in [2.24, 2.45) is 0 Å². The van der Waals surface area contributed by atoms with Gasteiger partial charge in [0.15, 0.2) is 5.82 Å². The van der Waals surface area contributed by atoms with Crippen molar-refractivity contribution in [3.8, 4) is 0 Å². The topological polar surface area (TPSA) is 51.0 Å². The molecule has 0 unspecified atom stereocenters. The molecule has 0 amide bonds. The van der Waals surface area contributed by atoms with Crippen LogP contribution in [-0.4, -0.2) is 23.2 Å². The fourth-order valence-electron chi connectivity index (χ4n) is 1.44. The average Bonchev–Trinajstić information content (AvgIpc) is 2.75. The quantitative estimate of drug-likeness (QED) is 0.783. The third-order valence-corrected chi connectivity index (χ3v) is 2.21. The van der Waals surface area contributed by atoms with Crippen LogP contribution in [0.1, 0.15) is 31.0 Å². The molecule has 1 fully saturated rings. The molecule has 0 aromatic carbocycles. The molecule has 0 spiro atoms. The highest BCUT2D eigenvalue weighted by molar-refractivity contribution is 5.85. The second kappa shape index (κ2) is 4.58. The van der Waals surface area contributed by atoms with Crippen molar-refractivity contribution in [3.63, 3.8) is 0 Å². The van der Waals surface area contributed by atoms with Crippen molar-refractivity contribution in [1.29, 1.82) is 0 Å². The smallest absolute Gasteiger partial charge is 0.231 e. The number of rotatable bonds is 2. The van der Waals surface area contributed by atoms with Gasteiger partial charge >= 0.3 is 0 Å². The van der Waals surface area contributed by atoms with Gasteiger partial charge in [-0.05, 0) is 13.0 Å². The molecular weight excluding hydrogens is 190 g/mol. The Balaban J connectivity index is 0.000000845. The molecule has 1 atom stereocenters. The van der Waals surface area contributed by atoms with E-state index in [0.29, 0.717) is 5.92 Å². The van der Waals surface area contributed by atoms with Gasteiger partial charge in [0, 0.05) is 13.0 Å². The molecule has 0 saturated carbocycles. The molecule has 2 rings (SSSR count). The number of hydrogen-bond donors (Lipinski definition) is 1. The van der Waals surface area contributed by atoms with E-state index in [1.165, 1.54) is 0 Å². The molecule has 4 nitrogen and oxygen atoms in total. The van der Waals surface area contributed by atoms with Crippen molar-refractivity contribution in [1.82, 2.24) is 15.5 Å². The molecule has 5 heteroatoms. The maximum absolute atomic E-state index is 5.14. The highest BCUT2D eigenvalue weighted by Gasteiger charge is 2.22. The zero-order valence-corrected chi connectivity index (χ0v) is 8.43. The maximum Gasteiger partial charge on any atom is 0.231 e. The highest BCUT2D eigenvalue weighted by Crippen LogP contribution is 2.19. The van der Waals surface area contributed by atoms with E-state index in [2.05, 4.69) is 15.5 Å². The highest BCUT2D eigenvalue weighted by atomic mass is 35.5. The van der Waals surface area contributed by atoms with Gasteiger partial charge < -0.3 is 9.84 Å². The lowest BCUT2D eigenvalue weighted by atomic mass is 10.1. The van der Waals surface area contributed by atoms with Gasteiger partial charge in [0.1, 0.15) is 0 Å². The second-order valence-corrected chi connectivity index (χ2v) is 3.09. The Labute approximate surface area is 83.5 Å². The van der Waals surface area contributed by atoms with Crippen molar-refractivity contribution in [2.75, 3.05) is 13.1 Å². The Morgan fingerprint density at radius 2 is 2.46 bits per heavy atom. The van der Waals surface area contributed by atoms with E-state index in [1.54, 1.807) is 0 Å². The van der Waals surface area contributed by atoms with E-state index in [4.69, 9.17) is 4.52 Å². The van der Waals surface area contributed by atoms with E-state index in [1.807, 2.05) is 6.92 Å². The molecule has 1 aliphatic heterocycles. The fraction of sp³-hybridized carbons (Fsp3) is 0.750. The van der Waals surface area contributed by atoms with Crippen LogP contribution >= 0.6 is 12.4 Å². The predicted octanol–water partition coefficient (Wildman–Crippen LogP) is 1.13. The van der Waals surface area contributed by atoms with Gasteiger partial charge in [0.05, 0.1) is 5.92 Å². The van der Waals surface area contributed by atoms with Crippen LogP contribution in [-0.2, 0) is 6.42 Å². The van der Waals surface area contributed by atoms with Gasteiger partial charge in [-0.3, -0.25) is 0 Å². The number of nitrogens with one attached hydrogen (secondary N) is 1. The summed E-state index contributed by atoms with van der Waals surface area (Å²) in [5.74, 6) is 2.06. The monoisotopic (exact) mass is 203 g/mol. The Bertz CT molecular complexity index is 258. The lowest BCUT2D eigenvalue weighted by Gasteiger charge is -1.98. The normalized spacial score (nSPS) is 21.5. The number of aromatic nitrogens is 2. The SMILES string of the molecule is CCc1noc([C@H]2CCNC2)n1.Cl. The maximum atomic E-state index is 5.14. The Morgan fingerprint density at radius 1 is 1.62 bits per heavy atom. The van der Waals surface area contributed by atoms with E-state index >= 15 is 0 Å². The zero-order valence-electron chi connectivity index (χ0n) is 7.62. The molecule has 0 radical (unpaired) electrons. The third kappa shape index (κ3) is 2.19. The van der Waals surface area contributed by atoms with Gasteiger partial charge in [0.2, 0.25) is 5.89 Å². The minimum atomic E-state index is 0. The lowest BCUT2D eigenvalue weighted by molar-refractivity contribution is 0.355. The van der Waals surface area contributed by atoms with Crippen LogP contribution in [0.5, 0.6) is 0 Å². The number of aryl methyl sites for hydroxylation is 1. The minimum Gasteiger partial charge on any atom is -0.339 e. The van der Waals surface area contributed by atoms with Crippen molar-refractivity contribution >= 4 is 12.4 Å². The number of hydrogen-bond acceptors (Lipinski definition) is 4. The van der Waals surface area contributed by atoms with Crippen LogP contribution in [0.25, 0.3) is 0 Å². The summed E-state index contributed by atoms with van der Waals surface area (Å²) in [7, 11) is 0. The van der Waals surface area contributed by atoms with E-state index in [-0.39, 0.29) is 12.4 Å². The molecule has 13 heavy (non-hydrogen) atoms. The largest absolute Gasteiger partial charge is 0.339 e. The molecule has 1 saturated heterocycles. The van der Waals surface area contributed by atoms with Crippen LogP contribution in [0.3, 0.4) is 0 Å². The summed E-state index contributed by atoms with van der Waals surface area (Å²) in [4.78, 5) is 4.29. The van der Waals surface area contributed by atoms with E-state index in [0.717, 1.165) is 37.6 Å². The average molecular weight is 204 g/mol. The van der Waals surface area contributed by atoms with Crippen LogP contribution in [0.2, 0.25) is 0 Å². The van der Waals surface area contributed by atoms with Gasteiger partial charge in [-0.15, -0.1) is 12.4 Å². The van der Waals surface area contributed by atoms with Crippen molar-refractivity contribution in [3.05, 3.63) is 11.7 Å². The second-order valence-electron chi connectivity index (χ2n) is 3.09. The summed E-state index contributed by atoms with van der Waals surface area (Å²) < 4.78 is 5.14. The fourth-order valence-corrected chi connectivity index (χ4v) is 1.44. The van der Waals surface area contributed by atoms with E-state index in [9.17, 15) is 0 Å². The summed E-state index contributed by atoms with van der Waals surface area (Å²) in [5.41, 5.74) is 0. The van der Waals surface area contributed by atoms with Gasteiger partial charge in [-0.25, -0.2) is 0 Å². The molecule has 2 heterocycles.